The minimum Gasteiger partial charge on any atom is -0.493 e. The second kappa shape index (κ2) is 9.48. The number of fused-ring (bicyclic) bond motifs is 1. The molecule has 8 heteroatoms. The van der Waals surface area contributed by atoms with Crippen LogP contribution in [0.3, 0.4) is 0 Å². The van der Waals surface area contributed by atoms with Gasteiger partial charge in [-0.05, 0) is 42.7 Å². The van der Waals surface area contributed by atoms with Gasteiger partial charge in [0, 0.05) is 17.6 Å². The lowest BCUT2D eigenvalue weighted by molar-refractivity contribution is -0.113. The van der Waals surface area contributed by atoms with E-state index in [1.54, 1.807) is 7.11 Å². The van der Waals surface area contributed by atoms with Gasteiger partial charge in [-0.25, -0.2) is 0 Å². The van der Waals surface area contributed by atoms with Crippen molar-refractivity contribution in [3.05, 3.63) is 54.1 Å². The third-order valence-electron chi connectivity index (χ3n) is 5.17. The SMILES string of the molecule is CCn1c(SCC(=O)Nc2ccc(C(C)C)cc2)nnc1-c1cc2cccc(OC)c2o1. The zero-order valence-electron chi connectivity index (χ0n) is 18.6. The summed E-state index contributed by atoms with van der Waals surface area (Å²) >= 11 is 1.35. The molecule has 4 rings (SSSR count). The van der Waals surface area contributed by atoms with Crippen LogP contribution in [0.1, 0.15) is 32.3 Å². The minimum absolute atomic E-state index is 0.0898. The van der Waals surface area contributed by atoms with E-state index in [9.17, 15) is 4.79 Å². The fourth-order valence-corrected chi connectivity index (χ4v) is 4.25. The number of furan rings is 1. The van der Waals surface area contributed by atoms with Crippen LogP contribution in [0.4, 0.5) is 5.69 Å². The van der Waals surface area contributed by atoms with Gasteiger partial charge in [-0.1, -0.05) is 49.9 Å². The molecule has 0 fully saturated rings. The van der Waals surface area contributed by atoms with Crippen molar-refractivity contribution in [1.82, 2.24) is 14.8 Å². The summed E-state index contributed by atoms with van der Waals surface area (Å²) in [6, 6.07) is 15.6. The Balaban J connectivity index is 1.47. The lowest BCUT2D eigenvalue weighted by Crippen LogP contribution is -2.14. The van der Waals surface area contributed by atoms with Crippen LogP contribution in [0.5, 0.6) is 5.75 Å². The Kier molecular flexibility index (Phi) is 6.50. The van der Waals surface area contributed by atoms with Gasteiger partial charge in [0.15, 0.2) is 22.2 Å². The van der Waals surface area contributed by atoms with Crippen LogP contribution < -0.4 is 10.1 Å². The molecule has 7 nitrogen and oxygen atoms in total. The van der Waals surface area contributed by atoms with E-state index in [2.05, 4.69) is 29.4 Å². The molecule has 0 aliphatic heterocycles. The Morgan fingerprint density at radius 1 is 1.19 bits per heavy atom. The predicted octanol–water partition coefficient (Wildman–Crippen LogP) is 5.57. The van der Waals surface area contributed by atoms with Gasteiger partial charge in [-0.2, -0.15) is 0 Å². The zero-order chi connectivity index (χ0) is 22.7. The number of ether oxygens (including phenoxy) is 1. The maximum Gasteiger partial charge on any atom is 0.234 e. The van der Waals surface area contributed by atoms with Crippen LogP contribution in [0.2, 0.25) is 0 Å². The van der Waals surface area contributed by atoms with Crippen molar-refractivity contribution < 1.29 is 13.9 Å². The average Bonchev–Trinajstić information content (AvgIpc) is 3.41. The molecule has 0 atom stereocenters. The van der Waals surface area contributed by atoms with E-state index in [4.69, 9.17) is 9.15 Å². The fourth-order valence-electron chi connectivity index (χ4n) is 3.45. The van der Waals surface area contributed by atoms with E-state index < -0.39 is 0 Å². The largest absolute Gasteiger partial charge is 0.493 e. The van der Waals surface area contributed by atoms with Crippen LogP contribution in [0, 0.1) is 0 Å². The number of rotatable bonds is 8. The molecule has 0 aliphatic carbocycles. The third-order valence-corrected chi connectivity index (χ3v) is 6.14. The van der Waals surface area contributed by atoms with Gasteiger partial charge in [-0.3, -0.25) is 9.36 Å². The number of amides is 1. The summed E-state index contributed by atoms with van der Waals surface area (Å²) < 4.78 is 13.4. The van der Waals surface area contributed by atoms with Crippen molar-refractivity contribution in [2.24, 2.45) is 0 Å². The number of carbonyl (C=O) groups excluding carboxylic acids is 1. The number of carbonyl (C=O) groups is 1. The van der Waals surface area contributed by atoms with Crippen molar-refractivity contribution >= 4 is 34.3 Å². The van der Waals surface area contributed by atoms with Crippen LogP contribution in [-0.4, -0.2) is 33.5 Å². The first-order chi connectivity index (χ1) is 15.5. The quantitative estimate of drug-likeness (QED) is 0.353. The van der Waals surface area contributed by atoms with Crippen molar-refractivity contribution in [2.75, 3.05) is 18.2 Å². The topological polar surface area (TPSA) is 82.2 Å². The summed E-state index contributed by atoms with van der Waals surface area (Å²) in [7, 11) is 1.62. The summed E-state index contributed by atoms with van der Waals surface area (Å²) in [5.41, 5.74) is 2.70. The maximum atomic E-state index is 12.4. The van der Waals surface area contributed by atoms with Crippen LogP contribution in [-0.2, 0) is 11.3 Å². The molecule has 32 heavy (non-hydrogen) atoms. The molecule has 0 radical (unpaired) electrons. The number of hydrogen-bond donors (Lipinski definition) is 1. The van der Waals surface area contributed by atoms with E-state index in [1.165, 1.54) is 17.3 Å². The fraction of sp³-hybridized carbons (Fsp3) is 0.292. The summed E-state index contributed by atoms with van der Waals surface area (Å²) in [5, 5.41) is 13.1. The van der Waals surface area contributed by atoms with E-state index in [1.807, 2.05) is 60.0 Å². The Hall–Kier alpha value is -3.26. The molecule has 1 amide bonds. The molecule has 0 saturated carbocycles. The molecule has 2 aromatic heterocycles. The highest BCUT2D eigenvalue weighted by atomic mass is 32.2. The number of hydrogen-bond acceptors (Lipinski definition) is 6. The van der Waals surface area contributed by atoms with Gasteiger partial charge in [0.05, 0.1) is 12.9 Å². The Labute approximate surface area is 191 Å². The third kappa shape index (κ3) is 4.50. The summed E-state index contributed by atoms with van der Waals surface area (Å²) in [6.07, 6.45) is 0. The lowest BCUT2D eigenvalue weighted by atomic mass is 10.0. The molecule has 166 valence electrons. The summed E-state index contributed by atoms with van der Waals surface area (Å²) in [5.74, 6) is 2.51. The minimum atomic E-state index is -0.0898. The molecule has 0 spiro atoms. The number of nitrogens with zero attached hydrogens (tertiary/aromatic N) is 3. The molecule has 1 N–H and O–H groups in total. The van der Waals surface area contributed by atoms with Crippen molar-refractivity contribution in [2.45, 2.75) is 38.4 Å². The molecule has 0 saturated heterocycles. The molecular formula is C24H26N4O3S. The first kappa shape index (κ1) is 22.0. The first-order valence-corrected chi connectivity index (χ1v) is 11.5. The molecule has 0 unspecified atom stereocenters. The Morgan fingerprint density at radius 2 is 1.97 bits per heavy atom. The number of aromatic nitrogens is 3. The summed E-state index contributed by atoms with van der Waals surface area (Å²) in [4.78, 5) is 12.4. The second-order valence-electron chi connectivity index (χ2n) is 7.65. The van der Waals surface area contributed by atoms with E-state index in [0.717, 1.165) is 11.1 Å². The van der Waals surface area contributed by atoms with Gasteiger partial charge in [0.25, 0.3) is 0 Å². The van der Waals surface area contributed by atoms with Gasteiger partial charge < -0.3 is 14.5 Å². The lowest BCUT2D eigenvalue weighted by Gasteiger charge is -2.09. The molecule has 2 heterocycles. The standard InChI is InChI=1S/C24H26N4O3S/c1-5-28-23(20-13-17-7-6-8-19(30-4)22(17)31-20)26-27-24(28)32-14-21(29)25-18-11-9-16(10-12-18)15(2)3/h6-13,15H,5,14H2,1-4H3,(H,25,29). The Morgan fingerprint density at radius 3 is 2.66 bits per heavy atom. The zero-order valence-corrected chi connectivity index (χ0v) is 19.4. The molecule has 0 aliphatic rings. The number of nitrogens with one attached hydrogen (secondary N) is 1. The van der Waals surface area contributed by atoms with E-state index >= 15 is 0 Å². The van der Waals surface area contributed by atoms with Gasteiger partial charge >= 0.3 is 0 Å². The maximum absolute atomic E-state index is 12.4. The van der Waals surface area contributed by atoms with Crippen LogP contribution >= 0.6 is 11.8 Å². The van der Waals surface area contributed by atoms with Gasteiger partial charge in [0.1, 0.15) is 0 Å². The highest BCUT2D eigenvalue weighted by Gasteiger charge is 2.19. The van der Waals surface area contributed by atoms with Crippen molar-refractivity contribution in [3.63, 3.8) is 0 Å². The molecular weight excluding hydrogens is 424 g/mol. The van der Waals surface area contributed by atoms with Gasteiger partial charge in [-0.15, -0.1) is 10.2 Å². The number of thioether (sulfide) groups is 1. The van der Waals surface area contributed by atoms with Crippen LogP contribution in [0.25, 0.3) is 22.6 Å². The number of methoxy groups -OCH3 is 1. The normalized spacial score (nSPS) is 11.3. The van der Waals surface area contributed by atoms with Gasteiger partial charge in [0.2, 0.25) is 11.7 Å². The highest BCUT2D eigenvalue weighted by Crippen LogP contribution is 2.33. The molecule has 4 aromatic rings. The number of para-hydroxylation sites is 1. The monoisotopic (exact) mass is 450 g/mol. The van der Waals surface area contributed by atoms with Crippen molar-refractivity contribution in [3.8, 4) is 17.3 Å². The molecule has 0 bridgehead atoms. The van der Waals surface area contributed by atoms with Crippen molar-refractivity contribution in [1.29, 1.82) is 0 Å². The van der Waals surface area contributed by atoms with E-state index in [-0.39, 0.29) is 11.7 Å². The second-order valence-corrected chi connectivity index (χ2v) is 8.60. The van der Waals surface area contributed by atoms with Crippen LogP contribution in [0.15, 0.2) is 58.1 Å². The van der Waals surface area contributed by atoms with E-state index in [0.29, 0.717) is 40.5 Å². The Bertz CT molecular complexity index is 1230. The molecule has 2 aromatic carbocycles. The summed E-state index contributed by atoms with van der Waals surface area (Å²) in [6.45, 7) is 6.95. The smallest absolute Gasteiger partial charge is 0.234 e. The average molecular weight is 451 g/mol. The highest BCUT2D eigenvalue weighted by molar-refractivity contribution is 7.99. The predicted molar refractivity (Wildman–Crippen MR) is 127 cm³/mol. The number of benzene rings is 2. The number of anilines is 1. The first-order valence-electron chi connectivity index (χ1n) is 10.5.